The first-order chi connectivity index (χ1) is 13.6. The molecule has 2 heteroatoms. The fourth-order valence-electron chi connectivity index (χ4n) is 4.16. The highest BCUT2D eigenvalue weighted by molar-refractivity contribution is 5.86. The third kappa shape index (κ3) is 4.98. The van der Waals surface area contributed by atoms with Crippen molar-refractivity contribution in [2.24, 2.45) is 11.8 Å². The van der Waals surface area contributed by atoms with Gasteiger partial charge < -0.3 is 0 Å². The van der Waals surface area contributed by atoms with E-state index in [-0.39, 0.29) is 5.92 Å². The summed E-state index contributed by atoms with van der Waals surface area (Å²) in [6.45, 7) is 4.04. The molecule has 0 radical (unpaired) electrons. The second-order valence-electron chi connectivity index (χ2n) is 7.80. The number of aryl methyl sites for hydroxylation is 1. The first kappa shape index (κ1) is 20.5. The van der Waals surface area contributed by atoms with Crippen LogP contribution in [-0.4, -0.2) is 0 Å². The summed E-state index contributed by atoms with van der Waals surface area (Å²) in [6, 6.07) is 11.6. The molecule has 0 bridgehead atoms. The van der Waals surface area contributed by atoms with Crippen LogP contribution in [0.15, 0.2) is 66.5 Å². The molecule has 0 nitrogen and oxygen atoms in total. The lowest BCUT2D eigenvalue weighted by molar-refractivity contribution is 0.304. The van der Waals surface area contributed by atoms with Gasteiger partial charge in [0.2, 0.25) is 0 Å². The van der Waals surface area contributed by atoms with Gasteiger partial charge in [-0.1, -0.05) is 54.6 Å². The van der Waals surface area contributed by atoms with Gasteiger partial charge in [0.25, 0.3) is 0 Å². The number of allylic oxidation sites excluding steroid dienone is 5. The third-order valence-corrected chi connectivity index (χ3v) is 5.80. The Hall–Kier alpha value is -2.22. The summed E-state index contributed by atoms with van der Waals surface area (Å²) in [5.41, 5.74) is 1.61. The summed E-state index contributed by atoms with van der Waals surface area (Å²) in [6.07, 6.45) is 13.8. The average molecular weight is 381 g/mol. The largest absolute Gasteiger partial charge is 0.208 e. The Morgan fingerprint density at radius 1 is 0.929 bits per heavy atom. The predicted molar refractivity (Wildman–Crippen MR) is 116 cm³/mol. The molecule has 1 aliphatic rings. The molecule has 28 heavy (non-hydrogen) atoms. The minimum Gasteiger partial charge on any atom is -0.208 e. The van der Waals surface area contributed by atoms with Crippen LogP contribution >= 0.6 is 0 Å². The Labute approximate surface area is 167 Å². The lowest BCUT2D eigenvalue weighted by Gasteiger charge is -2.25. The number of hydrogen-bond acceptors (Lipinski definition) is 0. The molecule has 0 aliphatic heterocycles. The standard InChI is InChI=1S/C26H30F2/c1-3-5-6-8-20-11-14-23-18-24(16-15-22(23)17-20)26(28)25(27)21-12-9-19(7-4-2)10-13-21/h3-5,7,11,14-19,21H,6,8-10,12-13H2,1-2H3/b5-3+,7-4+,26-25?. The molecule has 1 fully saturated rings. The Balaban J connectivity index is 1.76. The fraction of sp³-hybridized carbons (Fsp3) is 0.385. The zero-order valence-corrected chi connectivity index (χ0v) is 16.9. The highest BCUT2D eigenvalue weighted by Gasteiger charge is 2.26. The molecule has 0 heterocycles. The maximum Gasteiger partial charge on any atom is 0.162 e. The number of rotatable bonds is 6. The summed E-state index contributed by atoms with van der Waals surface area (Å²) in [4.78, 5) is 0. The van der Waals surface area contributed by atoms with Crippen molar-refractivity contribution in [2.45, 2.75) is 52.4 Å². The maximum absolute atomic E-state index is 14.9. The summed E-state index contributed by atoms with van der Waals surface area (Å²) in [7, 11) is 0. The van der Waals surface area contributed by atoms with Gasteiger partial charge in [0.1, 0.15) is 5.83 Å². The molecule has 1 saturated carbocycles. The van der Waals surface area contributed by atoms with Crippen LogP contribution in [0.2, 0.25) is 0 Å². The first-order valence-electron chi connectivity index (χ1n) is 10.4. The SMILES string of the molecule is C/C=C/CCc1ccc2cc(C(F)=C(F)C3CCC(/C=C/C)CC3)ccc2c1. The van der Waals surface area contributed by atoms with Crippen molar-refractivity contribution in [3.05, 3.63) is 77.7 Å². The molecular weight excluding hydrogens is 350 g/mol. The second-order valence-corrected chi connectivity index (χ2v) is 7.80. The molecule has 0 aromatic heterocycles. The number of halogens is 2. The van der Waals surface area contributed by atoms with Gasteiger partial charge in [0, 0.05) is 11.5 Å². The van der Waals surface area contributed by atoms with Gasteiger partial charge in [-0.2, -0.15) is 0 Å². The monoisotopic (exact) mass is 380 g/mol. The van der Waals surface area contributed by atoms with E-state index in [9.17, 15) is 8.78 Å². The molecular formula is C26H30F2. The second kappa shape index (κ2) is 9.82. The van der Waals surface area contributed by atoms with Crippen LogP contribution in [0.4, 0.5) is 8.78 Å². The van der Waals surface area contributed by atoms with E-state index in [0.29, 0.717) is 11.5 Å². The minimum absolute atomic E-state index is 0.286. The Morgan fingerprint density at radius 2 is 1.64 bits per heavy atom. The highest BCUT2D eigenvalue weighted by Crippen LogP contribution is 2.38. The maximum atomic E-state index is 14.9. The Bertz CT molecular complexity index is 880. The van der Waals surface area contributed by atoms with Crippen molar-refractivity contribution in [1.82, 2.24) is 0 Å². The van der Waals surface area contributed by atoms with Crippen LogP contribution in [-0.2, 0) is 6.42 Å². The van der Waals surface area contributed by atoms with Crippen molar-refractivity contribution < 1.29 is 8.78 Å². The smallest absolute Gasteiger partial charge is 0.162 e. The zero-order valence-electron chi connectivity index (χ0n) is 16.9. The van der Waals surface area contributed by atoms with Crippen LogP contribution in [0.1, 0.15) is 57.1 Å². The van der Waals surface area contributed by atoms with Crippen LogP contribution in [0.25, 0.3) is 16.6 Å². The Kier molecular flexibility index (Phi) is 7.19. The van der Waals surface area contributed by atoms with Gasteiger partial charge >= 0.3 is 0 Å². The van der Waals surface area contributed by atoms with Gasteiger partial charge in [0.05, 0.1) is 0 Å². The highest BCUT2D eigenvalue weighted by atomic mass is 19.2. The molecule has 0 atom stereocenters. The van der Waals surface area contributed by atoms with Gasteiger partial charge in [-0.15, -0.1) is 0 Å². The van der Waals surface area contributed by atoms with Crippen molar-refractivity contribution in [3.8, 4) is 0 Å². The van der Waals surface area contributed by atoms with Gasteiger partial charge in [-0.05, 0) is 80.7 Å². The molecule has 0 unspecified atom stereocenters. The molecule has 1 aliphatic carbocycles. The van der Waals surface area contributed by atoms with E-state index in [1.807, 2.05) is 26.0 Å². The molecule has 0 N–H and O–H groups in total. The van der Waals surface area contributed by atoms with Gasteiger partial charge in [-0.25, -0.2) is 8.78 Å². The summed E-state index contributed by atoms with van der Waals surface area (Å²) < 4.78 is 29.7. The number of benzene rings is 2. The first-order valence-corrected chi connectivity index (χ1v) is 10.4. The summed E-state index contributed by atoms with van der Waals surface area (Å²) >= 11 is 0. The topological polar surface area (TPSA) is 0 Å². The van der Waals surface area contributed by atoms with E-state index in [4.69, 9.17) is 0 Å². The summed E-state index contributed by atoms with van der Waals surface area (Å²) in [5, 5.41) is 2.02. The van der Waals surface area contributed by atoms with Crippen molar-refractivity contribution >= 4 is 16.6 Å². The van der Waals surface area contributed by atoms with Crippen LogP contribution in [0, 0.1) is 11.8 Å². The van der Waals surface area contributed by atoms with Gasteiger partial charge in [-0.3, -0.25) is 0 Å². The van der Waals surface area contributed by atoms with E-state index in [1.165, 1.54) is 5.56 Å². The fourth-order valence-corrected chi connectivity index (χ4v) is 4.16. The van der Waals surface area contributed by atoms with E-state index in [1.54, 1.807) is 12.1 Å². The lowest BCUT2D eigenvalue weighted by atomic mass is 9.81. The molecule has 3 rings (SSSR count). The molecule has 0 spiro atoms. The van der Waals surface area contributed by atoms with Gasteiger partial charge in [0.15, 0.2) is 5.83 Å². The van der Waals surface area contributed by atoms with Crippen molar-refractivity contribution in [3.63, 3.8) is 0 Å². The Morgan fingerprint density at radius 3 is 2.36 bits per heavy atom. The predicted octanol–water partition coefficient (Wildman–Crippen LogP) is 8.34. The summed E-state index contributed by atoms with van der Waals surface area (Å²) in [5.74, 6) is -1.03. The van der Waals surface area contributed by atoms with Crippen LogP contribution in [0.3, 0.4) is 0 Å². The third-order valence-electron chi connectivity index (χ3n) is 5.80. The molecule has 0 amide bonds. The molecule has 2 aromatic carbocycles. The van der Waals surface area contributed by atoms with E-state index in [2.05, 4.69) is 36.4 Å². The lowest BCUT2D eigenvalue weighted by Crippen LogP contribution is -2.14. The minimum atomic E-state index is -0.687. The molecule has 148 valence electrons. The molecule has 0 saturated heterocycles. The van der Waals surface area contributed by atoms with Crippen LogP contribution < -0.4 is 0 Å². The van der Waals surface area contributed by atoms with Crippen molar-refractivity contribution in [1.29, 1.82) is 0 Å². The average Bonchev–Trinajstić information content (AvgIpc) is 2.73. The number of fused-ring (bicyclic) bond motifs is 1. The number of hydrogen-bond donors (Lipinski definition) is 0. The molecule has 2 aromatic rings. The normalized spacial score (nSPS) is 21.6. The zero-order chi connectivity index (χ0) is 19.9. The van der Waals surface area contributed by atoms with E-state index < -0.39 is 11.7 Å². The van der Waals surface area contributed by atoms with E-state index >= 15 is 0 Å². The van der Waals surface area contributed by atoms with E-state index in [0.717, 1.165) is 49.3 Å². The van der Waals surface area contributed by atoms with Crippen LogP contribution in [0.5, 0.6) is 0 Å². The van der Waals surface area contributed by atoms with Crippen molar-refractivity contribution in [2.75, 3.05) is 0 Å². The quantitative estimate of drug-likeness (QED) is 0.442.